The van der Waals surface area contributed by atoms with Crippen LogP contribution in [0.1, 0.15) is 63.5 Å². The molecule has 1 N–H and O–H groups in total. The van der Waals surface area contributed by atoms with E-state index in [0.29, 0.717) is 6.04 Å². The quantitative estimate of drug-likeness (QED) is 0.783. The summed E-state index contributed by atoms with van der Waals surface area (Å²) in [4.78, 5) is 0. The zero-order valence-electron chi connectivity index (χ0n) is 12.9. The van der Waals surface area contributed by atoms with Gasteiger partial charge in [0.1, 0.15) is 0 Å². The van der Waals surface area contributed by atoms with Gasteiger partial charge in [0.25, 0.3) is 0 Å². The summed E-state index contributed by atoms with van der Waals surface area (Å²) < 4.78 is 0. The van der Waals surface area contributed by atoms with E-state index in [1.54, 1.807) is 0 Å². The molecule has 106 valence electrons. The lowest BCUT2D eigenvalue weighted by atomic mass is 9.75. The van der Waals surface area contributed by atoms with Crippen LogP contribution < -0.4 is 5.32 Å². The van der Waals surface area contributed by atoms with Crippen LogP contribution in [-0.2, 0) is 0 Å². The van der Waals surface area contributed by atoms with E-state index < -0.39 is 0 Å². The molecule has 1 aromatic carbocycles. The molecular weight excluding hydrogens is 230 g/mol. The van der Waals surface area contributed by atoms with E-state index in [9.17, 15) is 0 Å². The fraction of sp³-hybridized carbons (Fsp3) is 0.667. The van der Waals surface area contributed by atoms with Crippen molar-refractivity contribution in [1.82, 2.24) is 5.32 Å². The predicted octanol–water partition coefficient (Wildman–Crippen LogP) is 4.66. The lowest BCUT2D eigenvalue weighted by Crippen LogP contribution is -2.47. The van der Waals surface area contributed by atoms with Crippen molar-refractivity contribution in [2.75, 3.05) is 0 Å². The van der Waals surface area contributed by atoms with Gasteiger partial charge in [-0.05, 0) is 44.1 Å². The number of rotatable bonds is 6. The van der Waals surface area contributed by atoms with Crippen LogP contribution in [0, 0.1) is 12.8 Å². The van der Waals surface area contributed by atoms with Crippen molar-refractivity contribution in [3.63, 3.8) is 0 Å². The Labute approximate surface area is 118 Å². The Morgan fingerprint density at radius 3 is 2.47 bits per heavy atom. The highest BCUT2D eigenvalue weighted by Crippen LogP contribution is 2.37. The zero-order chi connectivity index (χ0) is 13.8. The van der Waals surface area contributed by atoms with Crippen LogP contribution in [-0.4, -0.2) is 12.1 Å². The highest BCUT2D eigenvalue weighted by molar-refractivity contribution is 5.27. The molecule has 1 aliphatic rings. The van der Waals surface area contributed by atoms with Crippen LogP contribution in [0.5, 0.6) is 0 Å². The summed E-state index contributed by atoms with van der Waals surface area (Å²) in [6.07, 6.45) is 5.21. The second-order valence-corrected chi connectivity index (χ2v) is 6.31. The molecule has 0 radical (unpaired) electrons. The Morgan fingerprint density at radius 2 is 1.89 bits per heavy atom. The van der Waals surface area contributed by atoms with Gasteiger partial charge in [-0.2, -0.15) is 0 Å². The molecule has 0 bridgehead atoms. The third kappa shape index (κ3) is 3.60. The molecule has 0 saturated heterocycles. The van der Waals surface area contributed by atoms with Crippen molar-refractivity contribution in [3.8, 4) is 0 Å². The van der Waals surface area contributed by atoms with Gasteiger partial charge in [0, 0.05) is 12.1 Å². The summed E-state index contributed by atoms with van der Waals surface area (Å²) >= 11 is 0. The first-order valence-electron chi connectivity index (χ1n) is 7.96. The maximum absolute atomic E-state index is 3.83. The molecule has 1 aromatic rings. The first-order valence-corrected chi connectivity index (χ1v) is 7.96. The molecule has 1 nitrogen and oxygen atoms in total. The van der Waals surface area contributed by atoms with Gasteiger partial charge in [0.15, 0.2) is 0 Å². The van der Waals surface area contributed by atoms with Gasteiger partial charge >= 0.3 is 0 Å². The maximum atomic E-state index is 3.83. The topological polar surface area (TPSA) is 12.0 Å². The van der Waals surface area contributed by atoms with Crippen LogP contribution in [0.4, 0.5) is 0 Å². The van der Waals surface area contributed by atoms with Crippen molar-refractivity contribution >= 4 is 0 Å². The summed E-state index contributed by atoms with van der Waals surface area (Å²) in [6.45, 7) is 9.16. The molecule has 0 aromatic heterocycles. The Balaban J connectivity index is 1.80. The molecule has 0 heterocycles. The molecule has 1 atom stereocenters. The first kappa shape index (κ1) is 14.6. The fourth-order valence-electron chi connectivity index (χ4n) is 3.45. The van der Waals surface area contributed by atoms with Crippen molar-refractivity contribution < 1.29 is 0 Å². The minimum atomic E-state index is 0.665. The second-order valence-electron chi connectivity index (χ2n) is 6.31. The van der Waals surface area contributed by atoms with Gasteiger partial charge in [-0.15, -0.1) is 0 Å². The SMILES string of the molecule is CCC(CC)C(C)NC1CC(c2cccc(C)c2)C1. The normalized spacial score (nSPS) is 24.3. The molecule has 0 amide bonds. The first-order chi connectivity index (χ1) is 9.13. The number of hydrogen-bond acceptors (Lipinski definition) is 1. The molecule has 2 rings (SSSR count). The predicted molar refractivity (Wildman–Crippen MR) is 83.6 cm³/mol. The molecule has 1 unspecified atom stereocenters. The molecule has 1 aliphatic carbocycles. The average molecular weight is 259 g/mol. The van der Waals surface area contributed by atoms with Gasteiger partial charge in [-0.1, -0.05) is 56.5 Å². The Morgan fingerprint density at radius 1 is 1.21 bits per heavy atom. The number of benzene rings is 1. The van der Waals surface area contributed by atoms with Gasteiger partial charge < -0.3 is 5.32 Å². The maximum Gasteiger partial charge on any atom is 0.00813 e. The molecular formula is C18H29N. The third-order valence-corrected chi connectivity index (χ3v) is 4.91. The van der Waals surface area contributed by atoms with Gasteiger partial charge in [-0.3, -0.25) is 0 Å². The van der Waals surface area contributed by atoms with Gasteiger partial charge in [0.2, 0.25) is 0 Å². The minimum Gasteiger partial charge on any atom is -0.311 e. The number of hydrogen-bond donors (Lipinski definition) is 1. The van der Waals surface area contributed by atoms with Crippen LogP contribution in [0.15, 0.2) is 24.3 Å². The average Bonchev–Trinajstić information content (AvgIpc) is 2.34. The Hall–Kier alpha value is -0.820. The lowest BCUT2D eigenvalue weighted by molar-refractivity contribution is 0.232. The largest absolute Gasteiger partial charge is 0.311 e. The lowest BCUT2D eigenvalue weighted by Gasteiger charge is -2.39. The molecule has 19 heavy (non-hydrogen) atoms. The van der Waals surface area contributed by atoms with E-state index in [2.05, 4.69) is 57.3 Å². The van der Waals surface area contributed by atoms with Crippen LogP contribution in [0.25, 0.3) is 0 Å². The van der Waals surface area contributed by atoms with Crippen LogP contribution in [0.3, 0.4) is 0 Å². The van der Waals surface area contributed by atoms with E-state index >= 15 is 0 Å². The van der Waals surface area contributed by atoms with E-state index in [4.69, 9.17) is 0 Å². The summed E-state index contributed by atoms with van der Waals surface area (Å²) in [5.74, 6) is 1.62. The highest BCUT2D eigenvalue weighted by Gasteiger charge is 2.31. The van der Waals surface area contributed by atoms with Gasteiger partial charge in [-0.25, -0.2) is 0 Å². The highest BCUT2D eigenvalue weighted by atomic mass is 15.0. The van der Waals surface area contributed by atoms with Gasteiger partial charge in [0.05, 0.1) is 0 Å². The Kier molecular flexibility index (Phi) is 5.04. The third-order valence-electron chi connectivity index (χ3n) is 4.91. The van der Waals surface area contributed by atoms with Crippen molar-refractivity contribution in [2.24, 2.45) is 5.92 Å². The summed E-state index contributed by atoms with van der Waals surface area (Å²) in [5, 5.41) is 3.83. The Bertz CT molecular complexity index is 388. The zero-order valence-corrected chi connectivity index (χ0v) is 12.9. The molecule has 1 saturated carbocycles. The second kappa shape index (κ2) is 6.56. The molecule has 0 aliphatic heterocycles. The van der Waals surface area contributed by atoms with E-state index in [1.165, 1.54) is 36.8 Å². The molecule has 1 heteroatoms. The fourth-order valence-corrected chi connectivity index (χ4v) is 3.45. The van der Waals surface area contributed by atoms with E-state index in [0.717, 1.165) is 17.9 Å². The number of aryl methyl sites for hydroxylation is 1. The number of nitrogens with one attached hydrogen (secondary N) is 1. The summed E-state index contributed by atoms with van der Waals surface area (Å²) in [7, 11) is 0. The summed E-state index contributed by atoms with van der Waals surface area (Å²) in [5.41, 5.74) is 2.92. The molecule has 0 spiro atoms. The van der Waals surface area contributed by atoms with E-state index in [1.807, 2.05) is 0 Å². The minimum absolute atomic E-state index is 0.665. The van der Waals surface area contributed by atoms with Crippen LogP contribution in [0.2, 0.25) is 0 Å². The monoisotopic (exact) mass is 259 g/mol. The molecule has 1 fully saturated rings. The van der Waals surface area contributed by atoms with Crippen LogP contribution >= 0.6 is 0 Å². The summed E-state index contributed by atoms with van der Waals surface area (Å²) in [6, 6.07) is 10.4. The smallest absolute Gasteiger partial charge is 0.00813 e. The standard InChI is InChI=1S/C18H29N/c1-5-15(6-2)14(4)19-18-11-17(12-18)16-9-7-8-13(3)10-16/h7-10,14-15,17-19H,5-6,11-12H2,1-4H3. The van der Waals surface area contributed by atoms with Crippen molar-refractivity contribution in [3.05, 3.63) is 35.4 Å². The van der Waals surface area contributed by atoms with Crippen molar-refractivity contribution in [2.45, 2.75) is 71.4 Å². The van der Waals surface area contributed by atoms with E-state index in [-0.39, 0.29) is 0 Å². The van der Waals surface area contributed by atoms with Crippen molar-refractivity contribution in [1.29, 1.82) is 0 Å².